The first-order valence-corrected chi connectivity index (χ1v) is 8.39. The topological polar surface area (TPSA) is 77.8 Å². The number of anilines is 1. The SMILES string of the molecule is COc1cc2c(NCc3nnc4n3CCCCC4)ncnc2cc1F. The molecule has 1 aromatic carbocycles. The van der Waals surface area contributed by atoms with Crippen LogP contribution in [-0.2, 0) is 19.5 Å². The molecular formula is C17H19FN6O. The van der Waals surface area contributed by atoms with E-state index in [2.05, 4.69) is 30.0 Å². The van der Waals surface area contributed by atoms with Gasteiger partial charge in [0.15, 0.2) is 17.4 Å². The summed E-state index contributed by atoms with van der Waals surface area (Å²) in [5.74, 6) is 2.28. The molecule has 1 aliphatic heterocycles. The number of aryl methyl sites for hydroxylation is 1. The summed E-state index contributed by atoms with van der Waals surface area (Å²) in [4.78, 5) is 8.41. The van der Waals surface area contributed by atoms with Crippen LogP contribution in [0.5, 0.6) is 5.75 Å². The van der Waals surface area contributed by atoms with E-state index in [0.29, 0.717) is 23.3 Å². The van der Waals surface area contributed by atoms with Gasteiger partial charge in [0.2, 0.25) is 0 Å². The smallest absolute Gasteiger partial charge is 0.167 e. The molecule has 0 radical (unpaired) electrons. The summed E-state index contributed by atoms with van der Waals surface area (Å²) in [6.45, 7) is 1.45. The molecule has 7 nitrogen and oxygen atoms in total. The van der Waals surface area contributed by atoms with E-state index in [1.807, 2.05) is 0 Å². The Morgan fingerprint density at radius 1 is 1.20 bits per heavy atom. The van der Waals surface area contributed by atoms with Crippen molar-refractivity contribution in [2.45, 2.75) is 38.8 Å². The van der Waals surface area contributed by atoms with Crippen LogP contribution in [0.2, 0.25) is 0 Å². The van der Waals surface area contributed by atoms with Crippen LogP contribution >= 0.6 is 0 Å². The largest absolute Gasteiger partial charge is 0.494 e. The molecule has 8 heteroatoms. The van der Waals surface area contributed by atoms with E-state index >= 15 is 0 Å². The van der Waals surface area contributed by atoms with E-state index in [9.17, 15) is 4.39 Å². The van der Waals surface area contributed by atoms with Crippen molar-refractivity contribution in [3.8, 4) is 5.75 Å². The second kappa shape index (κ2) is 6.62. The van der Waals surface area contributed by atoms with Crippen LogP contribution in [0.15, 0.2) is 18.5 Å². The molecule has 0 atom stereocenters. The molecule has 3 aromatic rings. The van der Waals surface area contributed by atoms with Crippen molar-refractivity contribution < 1.29 is 9.13 Å². The number of fused-ring (bicyclic) bond motifs is 2. The summed E-state index contributed by atoms with van der Waals surface area (Å²) < 4.78 is 21.1. The Kier molecular flexibility index (Phi) is 4.17. The van der Waals surface area contributed by atoms with Crippen LogP contribution in [-0.4, -0.2) is 31.8 Å². The van der Waals surface area contributed by atoms with Crippen molar-refractivity contribution >= 4 is 16.7 Å². The van der Waals surface area contributed by atoms with Crippen LogP contribution in [0.25, 0.3) is 10.9 Å². The van der Waals surface area contributed by atoms with Crippen LogP contribution in [0.4, 0.5) is 10.2 Å². The first-order chi connectivity index (χ1) is 12.3. The number of benzene rings is 1. The third kappa shape index (κ3) is 2.99. The fraction of sp³-hybridized carbons (Fsp3) is 0.412. The number of nitrogens with one attached hydrogen (secondary N) is 1. The van der Waals surface area contributed by atoms with Gasteiger partial charge in [0.25, 0.3) is 0 Å². The number of rotatable bonds is 4. The van der Waals surface area contributed by atoms with Crippen molar-refractivity contribution in [2.75, 3.05) is 12.4 Å². The number of nitrogens with zero attached hydrogens (tertiary/aromatic N) is 5. The Morgan fingerprint density at radius 3 is 3.00 bits per heavy atom. The molecule has 2 aromatic heterocycles. The molecule has 0 saturated heterocycles. The first-order valence-electron chi connectivity index (χ1n) is 8.39. The zero-order chi connectivity index (χ0) is 17.2. The normalized spacial score (nSPS) is 14.2. The Bertz CT molecular complexity index is 910. The molecule has 130 valence electrons. The molecule has 1 aliphatic rings. The predicted molar refractivity (Wildman–Crippen MR) is 91.0 cm³/mol. The van der Waals surface area contributed by atoms with Gasteiger partial charge in [0.05, 0.1) is 19.2 Å². The van der Waals surface area contributed by atoms with Gasteiger partial charge in [-0.25, -0.2) is 14.4 Å². The van der Waals surface area contributed by atoms with E-state index in [1.54, 1.807) is 6.07 Å². The Hall–Kier alpha value is -2.77. The Morgan fingerprint density at radius 2 is 2.12 bits per heavy atom. The van der Waals surface area contributed by atoms with Crippen molar-refractivity contribution in [2.24, 2.45) is 0 Å². The van der Waals surface area contributed by atoms with Gasteiger partial charge < -0.3 is 14.6 Å². The highest BCUT2D eigenvalue weighted by Crippen LogP contribution is 2.27. The third-order valence-corrected chi connectivity index (χ3v) is 4.51. The quantitative estimate of drug-likeness (QED) is 0.785. The molecule has 0 aliphatic carbocycles. The molecule has 0 unspecified atom stereocenters. The van der Waals surface area contributed by atoms with Gasteiger partial charge in [-0.1, -0.05) is 6.42 Å². The average Bonchev–Trinajstić information content (AvgIpc) is 2.85. The molecule has 3 heterocycles. The maximum absolute atomic E-state index is 13.9. The summed E-state index contributed by atoms with van der Waals surface area (Å²) in [7, 11) is 1.44. The average molecular weight is 342 g/mol. The zero-order valence-electron chi connectivity index (χ0n) is 14.0. The number of halogens is 1. The monoisotopic (exact) mass is 342 g/mol. The third-order valence-electron chi connectivity index (χ3n) is 4.51. The number of ether oxygens (including phenoxy) is 1. The minimum atomic E-state index is -0.442. The molecule has 0 fully saturated rings. The lowest BCUT2D eigenvalue weighted by atomic mass is 10.2. The second-order valence-electron chi connectivity index (χ2n) is 6.07. The lowest BCUT2D eigenvalue weighted by Gasteiger charge is -2.11. The second-order valence-corrected chi connectivity index (χ2v) is 6.07. The lowest BCUT2D eigenvalue weighted by molar-refractivity contribution is 0.387. The standard InChI is InChI=1S/C17H19FN6O/c1-25-14-7-11-13(8-12(14)18)20-10-21-17(11)19-9-16-23-22-15-5-3-2-4-6-24(15)16/h7-8,10H,2-6,9H2,1H3,(H,19,20,21). The van der Waals surface area contributed by atoms with Crippen molar-refractivity contribution in [3.05, 3.63) is 35.9 Å². The van der Waals surface area contributed by atoms with Gasteiger partial charge in [-0.3, -0.25) is 0 Å². The fourth-order valence-electron chi connectivity index (χ4n) is 3.19. The summed E-state index contributed by atoms with van der Waals surface area (Å²) in [6, 6.07) is 2.96. The molecule has 0 spiro atoms. The summed E-state index contributed by atoms with van der Waals surface area (Å²) >= 11 is 0. The van der Waals surface area contributed by atoms with Crippen molar-refractivity contribution in [1.82, 2.24) is 24.7 Å². The maximum Gasteiger partial charge on any atom is 0.167 e. The van der Waals surface area contributed by atoms with E-state index in [4.69, 9.17) is 4.74 Å². The summed E-state index contributed by atoms with van der Waals surface area (Å²) in [5.41, 5.74) is 0.524. The van der Waals surface area contributed by atoms with Crippen LogP contribution in [0.3, 0.4) is 0 Å². The maximum atomic E-state index is 13.9. The minimum Gasteiger partial charge on any atom is -0.494 e. The summed E-state index contributed by atoms with van der Waals surface area (Å²) in [6.07, 6.45) is 5.91. The number of hydrogen-bond donors (Lipinski definition) is 1. The van der Waals surface area contributed by atoms with Gasteiger partial charge in [-0.2, -0.15) is 0 Å². The first kappa shape index (κ1) is 15.7. The minimum absolute atomic E-state index is 0.168. The molecule has 0 saturated carbocycles. The van der Waals surface area contributed by atoms with Gasteiger partial charge in [0.1, 0.15) is 18.0 Å². The van der Waals surface area contributed by atoms with E-state index < -0.39 is 5.82 Å². The summed E-state index contributed by atoms with van der Waals surface area (Å²) in [5, 5.41) is 12.6. The number of methoxy groups -OCH3 is 1. The number of hydrogen-bond acceptors (Lipinski definition) is 6. The molecule has 4 rings (SSSR count). The van der Waals surface area contributed by atoms with Crippen LogP contribution in [0.1, 0.15) is 30.9 Å². The Balaban J connectivity index is 1.62. The van der Waals surface area contributed by atoms with Crippen molar-refractivity contribution in [3.63, 3.8) is 0 Å². The van der Waals surface area contributed by atoms with Crippen LogP contribution < -0.4 is 10.1 Å². The number of aromatic nitrogens is 5. The molecule has 0 bridgehead atoms. The molecule has 0 amide bonds. The van der Waals surface area contributed by atoms with Gasteiger partial charge in [-0.15, -0.1) is 10.2 Å². The molecular weight excluding hydrogens is 323 g/mol. The van der Waals surface area contributed by atoms with Gasteiger partial charge in [-0.05, 0) is 18.9 Å². The van der Waals surface area contributed by atoms with Gasteiger partial charge in [0, 0.05) is 24.4 Å². The Labute approximate surface area is 144 Å². The molecule has 25 heavy (non-hydrogen) atoms. The van der Waals surface area contributed by atoms with Crippen molar-refractivity contribution in [1.29, 1.82) is 0 Å². The highest BCUT2D eigenvalue weighted by molar-refractivity contribution is 5.90. The predicted octanol–water partition coefficient (Wildman–Crippen LogP) is 2.71. The van der Waals surface area contributed by atoms with Crippen LogP contribution in [0, 0.1) is 5.82 Å². The highest BCUT2D eigenvalue weighted by atomic mass is 19.1. The molecule has 1 N–H and O–H groups in total. The lowest BCUT2D eigenvalue weighted by Crippen LogP contribution is -2.11. The zero-order valence-corrected chi connectivity index (χ0v) is 14.0. The fourth-order valence-corrected chi connectivity index (χ4v) is 3.19. The highest BCUT2D eigenvalue weighted by Gasteiger charge is 2.15. The van der Waals surface area contributed by atoms with E-state index in [-0.39, 0.29) is 5.75 Å². The van der Waals surface area contributed by atoms with E-state index in [1.165, 1.54) is 25.9 Å². The van der Waals surface area contributed by atoms with Gasteiger partial charge >= 0.3 is 0 Å². The van der Waals surface area contributed by atoms with E-state index in [0.717, 1.165) is 37.5 Å².